The third-order valence-corrected chi connectivity index (χ3v) is 2.23. The summed E-state index contributed by atoms with van der Waals surface area (Å²) < 4.78 is 0. The van der Waals surface area contributed by atoms with Crippen LogP contribution < -0.4 is 0 Å². The predicted octanol–water partition coefficient (Wildman–Crippen LogP) is 3.24. The van der Waals surface area contributed by atoms with Gasteiger partial charge in [0.2, 0.25) is 0 Å². The number of hydrogen-bond acceptors (Lipinski definition) is 3. The molecule has 0 amide bonds. The summed E-state index contributed by atoms with van der Waals surface area (Å²) in [4.78, 5) is 10.4. The molecule has 0 radical (unpaired) electrons. The summed E-state index contributed by atoms with van der Waals surface area (Å²) >= 11 is 4.06. The standard InChI is InChI=1S/C11H13NO2S/c1-9-5-6-10(4-2-3-7-15)11(8-9)12(13)14/h2,4-6,8,15H,3,7H2,1H3. The summed E-state index contributed by atoms with van der Waals surface area (Å²) in [7, 11) is 0. The van der Waals surface area contributed by atoms with Gasteiger partial charge in [-0.1, -0.05) is 18.2 Å². The smallest absolute Gasteiger partial charge is 0.258 e. The minimum absolute atomic E-state index is 0.158. The van der Waals surface area contributed by atoms with Crippen molar-refractivity contribution in [3.63, 3.8) is 0 Å². The highest BCUT2D eigenvalue weighted by Gasteiger charge is 2.10. The Morgan fingerprint density at radius 1 is 1.53 bits per heavy atom. The number of hydrogen-bond donors (Lipinski definition) is 1. The molecule has 0 fully saturated rings. The molecule has 0 aliphatic heterocycles. The minimum atomic E-state index is -0.354. The molecule has 0 aliphatic carbocycles. The molecule has 1 aromatic rings. The van der Waals surface area contributed by atoms with Gasteiger partial charge in [-0.3, -0.25) is 10.1 Å². The highest BCUT2D eigenvalue weighted by molar-refractivity contribution is 7.80. The molecule has 0 aromatic heterocycles. The lowest BCUT2D eigenvalue weighted by Crippen LogP contribution is -1.92. The van der Waals surface area contributed by atoms with Gasteiger partial charge in [-0.15, -0.1) is 0 Å². The summed E-state index contributed by atoms with van der Waals surface area (Å²) in [6.07, 6.45) is 4.48. The molecule has 0 heterocycles. The van der Waals surface area contributed by atoms with Gasteiger partial charge < -0.3 is 0 Å². The molecule has 0 atom stereocenters. The molecular formula is C11H13NO2S. The Labute approximate surface area is 94.4 Å². The Morgan fingerprint density at radius 2 is 2.27 bits per heavy atom. The van der Waals surface area contributed by atoms with Gasteiger partial charge in [0.15, 0.2) is 0 Å². The summed E-state index contributed by atoms with van der Waals surface area (Å²) in [6, 6.07) is 5.22. The van der Waals surface area contributed by atoms with E-state index < -0.39 is 0 Å². The number of benzene rings is 1. The van der Waals surface area contributed by atoms with E-state index in [0.717, 1.165) is 17.7 Å². The molecule has 80 valence electrons. The number of nitro benzene ring substituents is 1. The van der Waals surface area contributed by atoms with Crippen molar-refractivity contribution in [2.24, 2.45) is 0 Å². The maximum atomic E-state index is 10.8. The van der Waals surface area contributed by atoms with Gasteiger partial charge >= 0.3 is 0 Å². The number of rotatable bonds is 4. The van der Waals surface area contributed by atoms with E-state index in [2.05, 4.69) is 12.6 Å². The van der Waals surface area contributed by atoms with Crippen LogP contribution in [-0.2, 0) is 0 Å². The number of aryl methyl sites for hydroxylation is 1. The SMILES string of the molecule is Cc1ccc(C=CCCS)c([N+](=O)[O-])c1. The van der Waals surface area contributed by atoms with E-state index in [1.165, 1.54) is 0 Å². The predicted molar refractivity (Wildman–Crippen MR) is 65.3 cm³/mol. The Morgan fingerprint density at radius 3 is 2.87 bits per heavy atom. The number of nitrogens with zero attached hydrogens (tertiary/aromatic N) is 1. The minimum Gasteiger partial charge on any atom is -0.258 e. The first-order chi connectivity index (χ1) is 7.15. The van der Waals surface area contributed by atoms with Gasteiger partial charge in [0.05, 0.1) is 10.5 Å². The van der Waals surface area contributed by atoms with Crippen molar-refractivity contribution in [1.29, 1.82) is 0 Å². The molecule has 1 rings (SSSR count). The van der Waals surface area contributed by atoms with Crippen LogP contribution in [0, 0.1) is 17.0 Å². The summed E-state index contributed by atoms with van der Waals surface area (Å²) in [6.45, 7) is 1.84. The largest absolute Gasteiger partial charge is 0.276 e. The van der Waals surface area contributed by atoms with Crippen molar-refractivity contribution in [3.8, 4) is 0 Å². The molecule has 0 N–H and O–H groups in total. The Balaban J connectivity index is 3.01. The van der Waals surface area contributed by atoms with Crippen LogP contribution in [0.25, 0.3) is 6.08 Å². The number of nitro groups is 1. The van der Waals surface area contributed by atoms with E-state index in [1.54, 1.807) is 18.2 Å². The monoisotopic (exact) mass is 223 g/mol. The lowest BCUT2D eigenvalue weighted by atomic mass is 10.1. The van der Waals surface area contributed by atoms with Crippen molar-refractivity contribution in [2.45, 2.75) is 13.3 Å². The second kappa shape index (κ2) is 5.56. The quantitative estimate of drug-likeness (QED) is 0.484. The van der Waals surface area contributed by atoms with Crippen LogP contribution in [0.1, 0.15) is 17.5 Å². The summed E-state index contributed by atoms with van der Waals surface area (Å²) in [5.74, 6) is 0.746. The average molecular weight is 223 g/mol. The van der Waals surface area contributed by atoms with Crippen LogP contribution in [0.3, 0.4) is 0 Å². The Kier molecular flexibility index (Phi) is 4.37. The van der Waals surface area contributed by atoms with Gasteiger partial charge in [-0.2, -0.15) is 12.6 Å². The normalized spacial score (nSPS) is 10.8. The highest BCUT2D eigenvalue weighted by atomic mass is 32.1. The van der Waals surface area contributed by atoms with Gasteiger partial charge in [-0.25, -0.2) is 0 Å². The maximum absolute atomic E-state index is 10.8. The topological polar surface area (TPSA) is 43.1 Å². The van der Waals surface area contributed by atoms with Crippen LogP contribution >= 0.6 is 12.6 Å². The van der Waals surface area contributed by atoms with Crippen molar-refractivity contribution in [2.75, 3.05) is 5.75 Å². The second-order valence-electron chi connectivity index (χ2n) is 3.23. The van der Waals surface area contributed by atoms with E-state index in [-0.39, 0.29) is 10.6 Å². The second-order valence-corrected chi connectivity index (χ2v) is 3.68. The fourth-order valence-corrected chi connectivity index (χ4v) is 1.39. The lowest BCUT2D eigenvalue weighted by Gasteiger charge is -1.98. The van der Waals surface area contributed by atoms with Crippen LogP contribution in [0.5, 0.6) is 0 Å². The number of allylic oxidation sites excluding steroid dienone is 1. The van der Waals surface area contributed by atoms with Crippen LogP contribution in [0.2, 0.25) is 0 Å². The summed E-state index contributed by atoms with van der Waals surface area (Å²) in [5.41, 5.74) is 1.70. The third-order valence-electron chi connectivity index (χ3n) is 1.98. The molecular weight excluding hydrogens is 210 g/mol. The van der Waals surface area contributed by atoms with Crippen molar-refractivity contribution < 1.29 is 4.92 Å². The van der Waals surface area contributed by atoms with Crippen LogP contribution in [-0.4, -0.2) is 10.7 Å². The first-order valence-corrected chi connectivity index (χ1v) is 5.31. The molecule has 4 heteroatoms. The molecule has 15 heavy (non-hydrogen) atoms. The fraction of sp³-hybridized carbons (Fsp3) is 0.273. The average Bonchev–Trinajstić information content (AvgIpc) is 2.20. The van der Waals surface area contributed by atoms with Crippen LogP contribution in [0.4, 0.5) is 5.69 Å². The van der Waals surface area contributed by atoms with E-state index >= 15 is 0 Å². The van der Waals surface area contributed by atoms with E-state index in [0.29, 0.717) is 5.56 Å². The fourth-order valence-electron chi connectivity index (χ4n) is 1.24. The zero-order valence-electron chi connectivity index (χ0n) is 8.51. The van der Waals surface area contributed by atoms with Gasteiger partial charge in [0, 0.05) is 6.07 Å². The van der Waals surface area contributed by atoms with Gasteiger partial charge in [-0.05, 0) is 30.7 Å². The van der Waals surface area contributed by atoms with Crippen molar-refractivity contribution in [3.05, 3.63) is 45.5 Å². The molecule has 0 saturated carbocycles. The molecule has 0 spiro atoms. The van der Waals surface area contributed by atoms with Crippen molar-refractivity contribution in [1.82, 2.24) is 0 Å². The van der Waals surface area contributed by atoms with Gasteiger partial charge in [0.1, 0.15) is 0 Å². The lowest BCUT2D eigenvalue weighted by molar-refractivity contribution is -0.385. The molecule has 3 nitrogen and oxygen atoms in total. The van der Waals surface area contributed by atoms with Crippen molar-refractivity contribution >= 4 is 24.4 Å². The number of thiol groups is 1. The Bertz CT molecular complexity index is 388. The zero-order chi connectivity index (χ0) is 11.3. The summed E-state index contributed by atoms with van der Waals surface area (Å²) in [5, 5.41) is 10.8. The molecule has 0 unspecified atom stereocenters. The highest BCUT2D eigenvalue weighted by Crippen LogP contribution is 2.21. The third kappa shape index (κ3) is 3.40. The van der Waals surface area contributed by atoms with Gasteiger partial charge in [0.25, 0.3) is 5.69 Å². The Hall–Kier alpha value is -1.29. The van der Waals surface area contributed by atoms with E-state index in [9.17, 15) is 10.1 Å². The molecule has 1 aromatic carbocycles. The molecule has 0 bridgehead atoms. The van der Waals surface area contributed by atoms with E-state index in [1.807, 2.05) is 19.1 Å². The molecule has 0 aliphatic rings. The van der Waals surface area contributed by atoms with Crippen LogP contribution in [0.15, 0.2) is 24.3 Å². The van der Waals surface area contributed by atoms with E-state index in [4.69, 9.17) is 0 Å². The first-order valence-electron chi connectivity index (χ1n) is 4.67. The maximum Gasteiger partial charge on any atom is 0.276 e. The first kappa shape index (κ1) is 11.8. The zero-order valence-corrected chi connectivity index (χ0v) is 9.41. The molecule has 0 saturated heterocycles.